The fourth-order valence-corrected chi connectivity index (χ4v) is 1.97. The molecule has 22 heavy (non-hydrogen) atoms. The number of nitrogens with zero attached hydrogens (tertiary/aromatic N) is 2. The van der Waals surface area contributed by atoms with Crippen LogP contribution in [0.4, 0.5) is 13.2 Å². The molecule has 1 aromatic heterocycles. The Balaban J connectivity index is 2.40. The molecule has 0 aliphatic heterocycles. The second-order valence-electron chi connectivity index (χ2n) is 4.68. The zero-order valence-electron chi connectivity index (χ0n) is 11.7. The number of halogens is 3. The maximum Gasteiger partial charge on any atom is 0.416 e. The van der Waals surface area contributed by atoms with E-state index in [2.05, 4.69) is 9.97 Å². The third-order valence-corrected chi connectivity index (χ3v) is 3.06. The van der Waals surface area contributed by atoms with E-state index in [0.29, 0.717) is 24.1 Å². The van der Waals surface area contributed by atoms with Gasteiger partial charge in [-0.1, -0.05) is 25.5 Å². The van der Waals surface area contributed by atoms with Crippen molar-refractivity contribution in [1.82, 2.24) is 9.97 Å². The van der Waals surface area contributed by atoms with E-state index >= 15 is 0 Å². The van der Waals surface area contributed by atoms with Crippen molar-refractivity contribution in [2.75, 3.05) is 0 Å². The molecule has 0 aliphatic carbocycles. The minimum atomic E-state index is -4.40. The lowest BCUT2D eigenvalue weighted by Gasteiger charge is -2.09. The lowest BCUT2D eigenvalue weighted by atomic mass is 10.1. The van der Waals surface area contributed by atoms with Gasteiger partial charge in [-0.3, -0.25) is 0 Å². The first-order valence-corrected chi connectivity index (χ1v) is 6.59. The molecule has 0 bridgehead atoms. The summed E-state index contributed by atoms with van der Waals surface area (Å²) in [6.07, 6.45) is -2.06. The lowest BCUT2D eigenvalue weighted by molar-refractivity contribution is -0.137. The number of aryl methyl sites for hydroxylation is 1. The van der Waals surface area contributed by atoms with E-state index in [1.165, 1.54) is 18.3 Å². The number of alkyl halides is 3. The SMILES string of the molecule is CCCc1nc(-c2ccc(C(F)(F)F)cc2)ncc1C(=O)O. The third kappa shape index (κ3) is 3.41. The van der Waals surface area contributed by atoms with Crippen LogP contribution in [0.25, 0.3) is 11.4 Å². The normalized spacial score (nSPS) is 11.5. The zero-order chi connectivity index (χ0) is 16.3. The van der Waals surface area contributed by atoms with Gasteiger partial charge in [0.1, 0.15) is 0 Å². The smallest absolute Gasteiger partial charge is 0.416 e. The molecule has 1 aromatic carbocycles. The molecule has 0 fully saturated rings. The molecule has 0 radical (unpaired) electrons. The molecule has 2 aromatic rings. The number of aromatic nitrogens is 2. The predicted octanol–water partition coefficient (Wildman–Crippen LogP) is 3.81. The molecule has 4 nitrogen and oxygen atoms in total. The van der Waals surface area contributed by atoms with Crippen molar-refractivity contribution in [3.63, 3.8) is 0 Å². The van der Waals surface area contributed by atoms with Gasteiger partial charge in [0, 0.05) is 11.8 Å². The minimum Gasteiger partial charge on any atom is -0.478 e. The Bertz CT molecular complexity index is 682. The highest BCUT2D eigenvalue weighted by Gasteiger charge is 2.30. The van der Waals surface area contributed by atoms with Crippen LogP contribution in [0.2, 0.25) is 0 Å². The van der Waals surface area contributed by atoms with E-state index in [1.807, 2.05) is 6.92 Å². The van der Waals surface area contributed by atoms with Gasteiger partial charge in [0.25, 0.3) is 0 Å². The second kappa shape index (κ2) is 6.13. The van der Waals surface area contributed by atoms with Crippen LogP contribution >= 0.6 is 0 Å². The Labute approximate surface area is 124 Å². The molecule has 0 amide bonds. The number of carboxylic acids is 1. The van der Waals surface area contributed by atoms with Gasteiger partial charge in [0.2, 0.25) is 0 Å². The van der Waals surface area contributed by atoms with Gasteiger partial charge in [-0.15, -0.1) is 0 Å². The van der Waals surface area contributed by atoms with Gasteiger partial charge in [-0.2, -0.15) is 13.2 Å². The van der Waals surface area contributed by atoms with E-state index in [9.17, 15) is 18.0 Å². The van der Waals surface area contributed by atoms with Crippen molar-refractivity contribution in [1.29, 1.82) is 0 Å². The molecule has 2 rings (SSSR count). The van der Waals surface area contributed by atoms with Crippen molar-refractivity contribution in [2.24, 2.45) is 0 Å². The molecule has 1 N–H and O–H groups in total. The van der Waals surface area contributed by atoms with Crippen LogP contribution < -0.4 is 0 Å². The third-order valence-electron chi connectivity index (χ3n) is 3.06. The average molecular weight is 310 g/mol. The van der Waals surface area contributed by atoms with Crippen LogP contribution in [0.15, 0.2) is 30.5 Å². The molecular formula is C15H13F3N2O2. The van der Waals surface area contributed by atoms with Crippen LogP contribution in [0.1, 0.15) is 35.0 Å². The summed E-state index contributed by atoms with van der Waals surface area (Å²) in [4.78, 5) is 19.2. The quantitative estimate of drug-likeness (QED) is 0.932. The number of carboxylic acid groups (broad SMARTS) is 1. The fraction of sp³-hybridized carbons (Fsp3) is 0.267. The average Bonchev–Trinajstić information content (AvgIpc) is 2.46. The van der Waals surface area contributed by atoms with Crippen LogP contribution in [0, 0.1) is 0 Å². The van der Waals surface area contributed by atoms with Crippen LogP contribution in [-0.4, -0.2) is 21.0 Å². The molecular weight excluding hydrogens is 297 g/mol. The summed E-state index contributed by atoms with van der Waals surface area (Å²) >= 11 is 0. The van der Waals surface area contributed by atoms with Crippen molar-refractivity contribution >= 4 is 5.97 Å². The van der Waals surface area contributed by atoms with Gasteiger partial charge in [-0.25, -0.2) is 14.8 Å². The standard InChI is InChI=1S/C15H13F3N2O2/c1-2-3-12-11(14(21)22)8-19-13(20-12)9-4-6-10(7-5-9)15(16,17)18/h4-8H,2-3H2,1H3,(H,21,22). The molecule has 0 atom stereocenters. The molecule has 7 heteroatoms. The summed E-state index contributed by atoms with van der Waals surface area (Å²) < 4.78 is 37.6. The number of rotatable bonds is 4. The first-order valence-electron chi connectivity index (χ1n) is 6.59. The fourth-order valence-electron chi connectivity index (χ4n) is 1.97. The maximum absolute atomic E-state index is 12.5. The summed E-state index contributed by atoms with van der Waals surface area (Å²) in [6, 6.07) is 4.44. The number of carbonyl (C=O) groups is 1. The Kier molecular flexibility index (Phi) is 4.44. The highest BCUT2D eigenvalue weighted by Crippen LogP contribution is 2.30. The molecule has 116 valence electrons. The van der Waals surface area contributed by atoms with E-state index in [4.69, 9.17) is 5.11 Å². The van der Waals surface area contributed by atoms with Crippen LogP contribution in [0.3, 0.4) is 0 Å². The molecule has 0 spiro atoms. The van der Waals surface area contributed by atoms with Crippen molar-refractivity contribution in [2.45, 2.75) is 25.9 Å². The Morgan fingerprint density at radius 1 is 1.23 bits per heavy atom. The van der Waals surface area contributed by atoms with Gasteiger partial charge in [0.15, 0.2) is 5.82 Å². The highest BCUT2D eigenvalue weighted by atomic mass is 19.4. The molecule has 1 heterocycles. The number of aromatic carboxylic acids is 1. The second-order valence-corrected chi connectivity index (χ2v) is 4.68. The largest absolute Gasteiger partial charge is 0.478 e. The van der Waals surface area contributed by atoms with Crippen molar-refractivity contribution in [3.8, 4) is 11.4 Å². The predicted molar refractivity (Wildman–Crippen MR) is 73.4 cm³/mol. The maximum atomic E-state index is 12.5. The number of benzene rings is 1. The Morgan fingerprint density at radius 2 is 1.86 bits per heavy atom. The highest BCUT2D eigenvalue weighted by molar-refractivity contribution is 5.88. The van der Waals surface area contributed by atoms with E-state index in [0.717, 1.165) is 12.1 Å². The van der Waals surface area contributed by atoms with Gasteiger partial charge in [-0.05, 0) is 18.6 Å². The van der Waals surface area contributed by atoms with Crippen molar-refractivity contribution in [3.05, 3.63) is 47.3 Å². The van der Waals surface area contributed by atoms with Gasteiger partial charge in [0.05, 0.1) is 16.8 Å². The minimum absolute atomic E-state index is 0.0116. The summed E-state index contributed by atoms with van der Waals surface area (Å²) in [5.74, 6) is -0.912. The van der Waals surface area contributed by atoms with Crippen molar-refractivity contribution < 1.29 is 23.1 Å². The van der Waals surface area contributed by atoms with Gasteiger partial charge < -0.3 is 5.11 Å². The molecule has 0 aliphatic rings. The molecule has 0 unspecified atom stereocenters. The van der Waals surface area contributed by atoms with E-state index in [-0.39, 0.29) is 11.4 Å². The van der Waals surface area contributed by atoms with Gasteiger partial charge >= 0.3 is 12.1 Å². The Hall–Kier alpha value is -2.44. The molecule has 0 saturated carbocycles. The molecule has 0 saturated heterocycles. The first kappa shape index (κ1) is 15.9. The van der Waals surface area contributed by atoms with E-state index < -0.39 is 17.7 Å². The monoisotopic (exact) mass is 310 g/mol. The summed E-state index contributed by atoms with van der Waals surface area (Å²) in [5, 5.41) is 9.07. The Morgan fingerprint density at radius 3 is 2.36 bits per heavy atom. The topological polar surface area (TPSA) is 63.1 Å². The number of hydrogen-bond acceptors (Lipinski definition) is 3. The summed E-state index contributed by atoms with van der Waals surface area (Å²) in [6.45, 7) is 1.88. The lowest BCUT2D eigenvalue weighted by Crippen LogP contribution is -2.08. The number of hydrogen-bond donors (Lipinski definition) is 1. The summed E-state index contributed by atoms with van der Waals surface area (Å²) in [7, 11) is 0. The first-order chi connectivity index (χ1) is 10.3. The van der Waals surface area contributed by atoms with Crippen LogP contribution in [-0.2, 0) is 12.6 Å². The van der Waals surface area contributed by atoms with E-state index in [1.54, 1.807) is 0 Å². The van der Waals surface area contributed by atoms with Crippen LogP contribution in [0.5, 0.6) is 0 Å². The zero-order valence-corrected chi connectivity index (χ0v) is 11.7. The summed E-state index contributed by atoms with van der Waals surface area (Å²) in [5.41, 5.74) is 0.0342.